The fourth-order valence-electron chi connectivity index (χ4n) is 3.09. The predicted molar refractivity (Wildman–Crippen MR) is 115 cm³/mol. The number of nitrogens with one attached hydrogen (secondary N) is 1. The number of benzene rings is 2. The number of likely N-dealkylation sites (tertiary alicyclic amines) is 1. The van der Waals surface area contributed by atoms with Crippen LogP contribution in [0.15, 0.2) is 56.7 Å². The molecule has 0 unspecified atom stereocenters. The normalized spacial score (nSPS) is 16.1. The zero-order valence-corrected chi connectivity index (χ0v) is 18.5. The fourth-order valence-corrected chi connectivity index (χ4v) is 4.83. The second-order valence-corrected chi connectivity index (χ2v) is 10.9. The molecular weight excluding hydrogens is 426 g/mol. The summed E-state index contributed by atoms with van der Waals surface area (Å²) >= 11 is 0. The number of sulfone groups is 1. The molecule has 30 heavy (non-hydrogen) atoms. The van der Waals surface area contributed by atoms with Crippen LogP contribution in [0.3, 0.4) is 0 Å². The molecule has 1 saturated heterocycles. The lowest BCUT2D eigenvalue weighted by Gasteiger charge is -2.11. The summed E-state index contributed by atoms with van der Waals surface area (Å²) in [6.45, 7) is 2.48. The van der Waals surface area contributed by atoms with Crippen molar-refractivity contribution in [1.29, 1.82) is 0 Å². The van der Waals surface area contributed by atoms with Crippen molar-refractivity contribution in [2.45, 2.75) is 29.6 Å². The number of sulfonamides is 1. The Morgan fingerprint density at radius 1 is 1.03 bits per heavy atom. The van der Waals surface area contributed by atoms with Crippen molar-refractivity contribution in [3.63, 3.8) is 0 Å². The van der Waals surface area contributed by atoms with Gasteiger partial charge in [0.05, 0.1) is 9.79 Å². The Kier molecular flexibility index (Phi) is 6.00. The first-order valence-corrected chi connectivity index (χ1v) is 12.6. The first kappa shape index (κ1) is 22.0. The molecule has 1 fully saturated rings. The predicted octanol–water partition coefficient (Wildman–Crippen LogP) is 2.46. The van der Waals surface area contributed by atoms with Gasteiger partial charge in [0.25, 0.3) is 15.9 Å². The van der Waals surface area contributed by atoms with Crippen LogP contribution in [0.1, 0.15) is 28.8 Å². The number of amidine groups is 1. The molecule has 0 radical (unpaired) electrons. The third kappa shape index (κ3) is 4.88. The van der Waals surface area contributed by atoms with E-state index in [-0.39, 0.29) is 15.4 Å². The Morgan fingerprint density at radius 2 is 1.67 bits per heavy atom. The summed E-state index contributed by atoms with van der Waals surface area (Å²) in [5.74, 6) is 0.0510. The van der Waals surface area contributed by atoms with Crippen LogP contribution in [0.4, 0.5) is 5.69 Å². The number of carbonyl (C=O) groups excluding carboxylic acids is 1. The maximum Gasteiger partial charge on any atom is 0.283 e. The molecule has 1 heterocycles. The van der Waals surface area contributed by atoms with Gasteiger partial charge < -0.3 is 10.2 Å². The summed E-state index contributed by atoms with van der Waals surface area (Å²) in [6.07, 6.45) is 2.57. The Balaban J connectivity index is 1.80. The molecule has 0 aromatic heterocycles. The van der Waals surface area contributed by atoms with Crippen molar-refractivity contribution in [2.24, 2.45) is 4.40 Å². The van der Waals surface area contributed by atoms with Crippen molar-refractivity contribution in [3.8, 4) is 0 Å². The molecule has 0 saturated carbocycles. The highest BCUT2D eigenvalue weighted by atomic mass is 32.2. The van der Waals surface area contributed by atoms with Gasteiger partial charge in [0, 0.05) is 37.5 Å². The average molecular weight is 450 g/mol. The van der Waals surface area contributed by atoms with Crippen molar-refractivity contribution < 1.29 is 21.6 Å². The number of hydrogen-bond acceptors (Lipinski definition) is 5. The fraction of sp³-hybridized carbons (Fsp3) is 0.300. The third-order valence-corrected chi connectivity index (χ3v) is 7.28. The summed E-state index contributed by atoms with van der Waals surface area (Å²) in [6, 6.07) is 10.0. The maximum absolute atomic E-state index is 12.6. The first-order valence-electron chi connectivity index (χ1n) is 9.24. The zero-order chi connectivity index (χ0) is 22.1. The van der Waals surface area contributed by atoms with E-state index in [1.165, 1.54) is 36.4 Å². The molecule has 10 heteroatoms. The molecule has 1 amide bonds. The second-order valence-electron chi connectivity index (χ2n) is 7.24. The van der Waals surface area contributed by atoms with Gasteiger partial charge in [-0.1, -0.05) is 6.07 Å². The van der Waals surface area contributed by atoms with Crippen molar-refractivity contribution in [3.05, 3.63) is 53.6 Å². The van der Waals surface area contributed by atoms with Gasteiger partial charge in [-0.3, -0.25) is 4.79 Å². The number of amides is 1. The number of aryl methyl sites for hydroxylation is 1. The topological polar surface area (TPSA) is 113 Å². The summed E-state index contributed by atoms with van der Waals surface area (Å²) in [5.41, 5.74) is 1.23. The molecule has 1 aliphatic heterocycles. The van der Waals surface area contributed by atoms with Crippen molar-refractivity contribution >= 4 is 37.3 Å². The smallest absolute Gasteiger partial charge is 0.283 e. The molecule has 2 aromatic carbocycles. The van der Waals surface area contributed by atoms with Crippen LogP contribution in [0.25, 0.3) is 0 Å². The quantitative estimate of drug-likeness (QED) is 0.750. The maximum atomic E-state index is 12.6. The van der Waals surface area contributed by atoms with E-state index in [9.17, 15) is 21.6 Å². The number of hydrogen-bond donors (Lipinski definition) is 1. The Hall–Kier alpha value is -2.72. The highest BCUT2D eigenvalue weighted by Gasteiger charge is 2.20. The van der Waals surface area contributed by atoms with E-state index in [2.05, 4.69) is 9.71 Å². The van der Waals surface area contributed by atoms with Gasteiger partial charge in [0.15, 0.2) is 9.84 Å². The van der Waals surface area contributed by atoms with Crippen LogP contribution in [-0.4, -0.2) is 53.3 Å². The van der Waals surface area contributed by atoms with Gasteiger partial charge in [0.2, 0.25) is 0 Å². The van der Waals surface area contributed by atoms with Crippen LogP contribution in [0.2, 0.25) is 0 Å². The Labute approximate surface area is 176 Å². The Bertz CT molecular complexity index is 1220. The van der Waals surface area contributed by atoms with E-state index >= 15 is 0 Å². The van der Waals surface area contributed by atoms with Crippen molar-refractivity contribution in [2.75, 3.05) is 25.2 Å². The molecule has 160 valence electrons. The van der Waals surface area contributed by atoms with E-state index in [0.717, 1.165) is 19.2 Å². The zero-order valence-electron chi connectivity index (χ0n) is 16.9. The van der Waals surface area contributed by atoms with E-state index in [4.69, 9.17) is 0 Å². The highest BCUT2D eigenvalue weighted by molar-refractivity contribution is 7.90. The van der Waals surface area contributed by atoms with E-state index < -0.39 is 25.8 Å². The lowest BCUT2D eigenvalue weighted by molar-refractivity contribution is 0.102. The largest absolute Gasteiger partial charge is 0.362 e. The highest BCUT2D eigenvalue weighted by Crippen LogP contribution is 2.21. The molecular formula is C20H23N3O5S2. The lowest BCUT2D eigenvalue weighted by Crippen LogP contribution is -2.20. The monoisotopic (exact) mass is 449 g/mol. The first-order chi connectivity index (χ1) is 14.0. The average Bonchev–Trinajstić information content (AvgIpc) is 3.05. The minimum Gasteiger partial charge on any atom is -0.362 e. The van der Waals surface area contributed by atoms with Gasteiger partial charge in [-0.05, 0) is 55.3 Å². The molecule has 8 nitrogen and oxygen atoms in total. The summed E-state index contributed by atoms with van der Waals surface area (Å²) in [4.78, 5) is 14.5. The van der Waals surface area contributed by atoms with Gasteiger partial charge in [-0.15, -0.1) is 4.40 Å². The molecule has 0 aliphatic carbocycles. The minimum atomic E-state index is -3.84. The van der Waals surface area contributed by atoms with E-state index in [1.54, 1.807) is 20.0 Å². The standard InChI is InChI=1S/C20H23N3O5S2/c1-14-6-9-17(29(3,25)26)13-18(14)20(24)21-15-7-10-16(11-8-15)30(27,28)22-19-5-4-12-23(19)2/h6-11,13H,4-5,12H2,1-3H3,(H,21,24)/b22-19+. The third-order valence-electron chi connectivity index (χ3n) is 4.85. The van der Waals surface area contributed by atoms with Gasteiger partial charge in [0.1, 0.15) is 5.84 Å². The minimum absolute atomic E-state index is 0.0311. The van der Waals surface area contributed by atoms with Crippen LogP contribution in [0.5, 0.6) is 0 Å². The number of rotatable bonds is 5. The number of anilines is 1. The molecule has 0 spiro atoms. The molecule has 1 aliphatic rings. The Morgan fingerprint density at radius 3 is 2.23 bits per heavy atom. The summed E-state index contributed by atoms with van der Waals surface area (Å²) in [5, 5.41) is 2.66. The van der Waals surface area contributed by atoms with E-state index in [1.807, 2.05) is 4.90 Å². The summed E-state index contributed by atoms with van der Waals surface area (Å²) in [7, 11) is -5.48. The van der Waals surface area contributed by atoms with Crippen LogP contribution in [0, 0.1) is 6.92 Å². The van der Waals surface area contributed by atoms with Crippen LogP contribution < -0.4 is 5.32 Å². The molecule has 1 N–H and O–H groups in total. The molecule has 3 rings (SSSR count). The van der Waals surface area contributed by atoms with Gasteiger partial charge in [-0.2, -0.15) is 8.42 Å². The second kappa shape index (κ2) is 8.19. The molecule has 0 bridgehead atoms. The van der Waals surface area contributed by atoms with Crippen molar-refractivity contribution in [1.82, 2.24) is 4.90 Å². The van der Waals surface area contributed by atoms with Gasteiger partial charge in [-0.25, -0.2) is 8.42 Å². The van der Waals surface area contributed by atoms with Gasteiger partial charge >= 0.3 is 0 Å². The molecule has 0 atom stereocenters. The lowest BCUT2D eigenvalue weighted by atomic mass is 10.1. The SMILES string of the molecule is Cc1ccc(S(C)(=O)=O)cc1C(=O)Nc1ccc(S(=O)(=O)/N=C2\CCCN2C)cc1. The number of carbonyl (C=O) groups is 1. The van der Waals surface area contributed by atoms with Crippen LogP contribution in [-0.2, 0) is 19.9 Å². The number of nitrogens with zero attached hydrogens (tertiary/aromatic N) is 2. The molecule has 2 aromatic rings. The van der Waals surface area contributed by atoms with Crippen LogP contribution >= 0.6 is 0 Å². The van der Waals surface area contributed by atoms with E-state index in [0.29, 0.717) is 23.5 Å². The summed E-state index contributed by atoms with van der Waals surface area (Å²) < 4.78 is 52.4.